The summed E-state index contributed by atoms with van der Waals surface area (Å²) < 4.78 is 53.0. The Hall–Kier alpha value is -1.02. The number of halogens is 4. The van der Waals surface area contributed by atoms with E-state index in [0.717, 1.165) is 4.31 Å². The average molecular weight is 381 g/mol. The maximum absolute atomic E-state index is 13.2. The van der Waals surface area contributed by atoms with Gasteiger partial charge in [-0.3, -0.25) is 0 Å². The van der Waals surface area contributed by atoms with E-state index in [9.17, 15) is 17.2 Å². The van der Waals surface area contributed by atoms with E-state index in [1.807, 2.05) is 0 Å². The first-order chi connectivity index (χ1) is 10.7. The number of hydrogen-bond acceptors (Lipinski definition) is 3. The van der Waals surface area contributed by atoms with Gasteiger partial charge < -0.3 is 0 Å². The molecule has 1 aromatic heterocycles. The predicted octanol–water partition coefficient (Wildman–Crippen LogP) is 3.96. The van der Waals surface area contributed by atoms with Gasteiger partial charge in [0.25, 0.3) is 5.92 Å². The Kier molecular flexibility index (Phi) is 4.25. The highest BCUT2D eigenvalue weighted by Gasteiger charge is 2.40. The first-order valence-electron chi connectivity index (χ1n) is 6.84. The van der Waals surface area contributed by atoms with Crippen molar-refractivity contribution in [3.05, 3.63) is 34.4 Å². The van der Waals surface area contributed by atoms with Crippen LogP contribution >= 0.6 is 23.2 Å². The summed E-state index contributed by atoms with van der Waals surface area (Å²) in [5.41, 5.74) is 0.464. The van der Waals surface area contributed by atoms with Crippen molar-refractivity contribution in [3.8, 4) is 0 Å². The fraction of sp³-hybridized carbons (Fsp3) is 0.357. The Morgan fingerprint density at radius 3 is 2.39 bits per heavy atom. The molecule has 3 rings (SSSR count). The number of para-hydroxylation sites is 1. The lowest BCUT2D eigenvalue weighted by Crippen LogP contribution is -2.42. The van der Waals surface area contributed by atoms with Crippen molar-refractivity contribution >= 4 is 44.1 Å². The second-order valence-corrected chi connectivity index (χ2v) is 7.93. The van der Waals surface area contributed by atoms with Crippen molar-refractivity contribution in [3.63, 3.8) is 0 Å². The van der Waals surface area contributed by atoms with Crippen molar-refractivity contribution in [2.24, 2.45) is 0 Å². The molecule has 23 heavy (non-hydrogen) atoms. The molecule has 0 unspecified atom stereocenters. The molecular weight excluding hydrogens is 369 g/mol. The lowest BCUT2D eigenvalue weighted by Gasteiger charge is -2.31. The topological polar surface area (TPSA) is 50.3 Å². The largest absolute Gasteiger partial charge is 0.250 e. The second kappa shape index (κ2) is 5.81. The number of benzene rings is 1. The Bertz CT molecular complexity index is 864. The minimum Gasteiger partial charge on any atom is -0.235 e. The normalized spacial score (nSPS) is 19.1. The number of rotatable bonds is 2. The zero-order valence-electron chi connectivity index (χ0n) is 11.8. The summed E-state index contributed by atoms with van der Waals surface area (Å²) in [5, 5.41) is 0.142. The van der Waals surface area contributed by atoms with E-state index in [-0.39, 0.29) is 28.2 Å². The van der Waals surface area contributed by atoms with E-state index in [2.05, 4.69) is 4.98 Å². The Morgan fingerprint density at radius 2 is 1.74 bits per heavy atom. The molecule has 0 amide bonds. The smallest absolute Gasteiger partial charge is 0.235 e. The zero-order chi connectivity index (χ0) is 16.8. The van der Waals surface area contributed by atoms with Gasteiger partial charge in [0, 0.05) is 31.3 Å². The van der Waals surface area contributed by atoms with Crippen molar-refractivity contribution < 1.29 is 17.2 Å². The molecule has 2 aromatic rings. The second-order valence-electron chi connectivity index (χ2n) is 5.32. The van der Waals surface area contributed by atoms with E-state index in [4.69, 9.17) is 23.2 Å². The summed E-state index contributed by atoms with van der Waals surface area (Å²) in [6, 6.07) is 6.71. The van der Waals surface area contributed by atoms with Gasteiger partial charge in [-0.1, -0.05) is 41.4 Å². The minimum atomic E-state index is -4.09. The summed E-state index contributed by atoms with van der Waals surface area (Å²) in [5.74, 6) is -2.85. The summed E-state index contributed by atoms with van der Waals surface area (Å²) >= 11 is 12.2. The molecule has 1 aliphatic heterocycles. The summed E-state index contributed by atoms with van der Waals surface area (Å²) in [6.45, 7) is -0.566. The summed E-state index contributed by atoms with van der Waals surface area (Å²) in [7, 11) is -4.09. The first kappa shape index (κ1) is 16.8. The van der Waals surface area contributed by atoms with Gasteiger partial charge in [0.2, 0.25) is 10.0 Å². The molecule has 9 heteroatoms. The number of aromatic nitrogens is 1. The van der Waals surface area contributed by atoms with Crippen LogP contribution in [0.1, 0.15) is 12.8 Å². The third kappa shape index (κ3) is 3.03. The van der Waals surface area contributed by atoms with Crippen LogP contribution in [0, 0.1) is 0 Å². The standard InChI is InChI=1S/C14H12Cl2F2N2O2S/c15-11-9-3-1-2-4-10(9)19-13(16)12(11)23(21,22)20-7-5-14(17,18)6-8-20/h1-4H,5-8H2. The van der Waals surface area contributed by atoms with Gasteiger partial charge in [0.05, 0.1) is 10.5 Å². The third-order valence-corrected chi connectivity index (χ3v) is 6.65. The molecule has 1 fully saturated rings. The number of sulfonamides is 1. The average Bonchev–Trinajstić information content (AvgIpc) is 2.46. The molecule has 1 saturated heterocycles. The highest BCUT2D eigenvalue weighted by atomic mass is 35.5. The molecule has 124 valence electrons. The molecular formula is C14H12Cl2F2N2O2S. The Morgan fingerprint density at radius 1 is 1.13 bits per heavy atom. The van der Waals surface area contributed by atoms with Gasteiger partial charge in [-0.25, -0.2) is 22.2 Å². The highest BCUT2D eigenvalue weighted by molar-refractivity contribution is 7.89. The Balaban J connectivity index is 2.09. The maximum Gasteiger partial charge on any atom is 0.250 e. The maximum atomic E-state index is 13.2. The van der Waals surface area contributed by atoms with Crippen molar-refractivity contribution in [1.29, 1.82) is 0 Å². The zero-order valence-corrected chi connectivity index (χ0v) is 14.1. The monoisotopic (exact) mass is 380 g/mol. The third-order valence-electron chi connectivity index (χ3n) is 3.80. The molecule has 2 heterocycles. The number of piperidine rings is 1. The molecule has 0 atom stereocenters. The SMILES string of the molecule is O=S(=O)(c1c(Cl)nc2ccccc2c1Cl)N1CCC(F)(F)CC1. The molecule has 0 N–H and O–H groups in total. The van der Waals surface area contributed by atoms with E-state index < -0.39 is 28.8 Å². The van der Waals surface area contributed by atoms with Crippen LogP contribution in [-0.2, 0) is 10.0 Å². The molecule has 1 aromatic carbocycles. The van der Waals surface area contributed by atoms with E-state index >= 15 is 0 Å². The van der Waals surface area contributed by atoms with Crippen LogP contribution in [0.3, 0.4) is 0 Å². The van der Waals surface area contributed by atoms with Crippen LogP contribution in [0.2, 0.25) is 10.2 Å². The fourth-order valence-electron chi connectivity index (χ4n) is 2.53. The van der Waals surface area contributed by atoms with Crippen LogP contribution in [0.5, 0.6) is 0 Å². The molecule has 0 saturated carbocycles. The van der Waals surface area contributed by atoms with Crippen LogP contribution < -0.4 is 0 Å². The van der Waals surface area contributed by atoms with Gasteiger partial charge in [0.15, 0.2) is 5.15 Å². The van der Waals surface area contributed by atoms with Gasteiger partial charge in [0.1, 0.15) is 4.90 Å². The van der Waals surface area contributed by atoms with Gasteiger partial charge in [-0.05, 0) is 6.07 Å². The van der Waals surface area contributed by atoms with Gasteiger partial charge in [-0.2, -0.15) is 4.31 Å². The number of nitrogens with zero attached hydrogens (tertiary/aromatic N) is 2. The van der Waals surface area contributed by atoms with E-state index in [1.54, 1.807) is 24.3 Å². The molecule has 0 aliphatic carbocycles. The molecule has 0 radical (unpaired) electrons. The van der Waals surface area contributed by atoms with Crippen molar-refractivity contribution in [2.45, 2.75) is 23.7 Å². The lowest BCUT2D eigenvalue weighted by atomic mass is 10.1. The molecule has 0 bridgehead atoms. The van der Waals surface area contributed by atoms with Crippen molar-refractivity contribution in [2.75, 3.05) is 13.1 Å². The van der Waals surface area contributed by atoms with Crippen molar-refractivity contribution in [1.82, 2.24) is 9.29 Å². The van der Waals surface area contributed by atoms with Crippen LogP contribution in [-0.4, -0.2) is 36.7 Å². The van der Waals surface area contributed by atoms with Gasteiger partial charge >= 0.3 is 0 Å². The predicted molar refractivity (Wildman–Crippen MR) is 84.7 cm³/mol. The quantitative estimate of drug-likeness (QED) is 0.740. The molecule has 1 aliphatic rings. The van der Waals surface area contributed by atoms with Crippen LogP contribution in [0.4, 0.5) is 8.78 Å². The number of alkyl halides is 2. The lowest BCUT2D eigenvalue weighted by molar-refractivity contribution is -0.0411. The number of pyridine rings is 1. The molecule has 4 nitrogen and oxygen atoms in total. The fourth-order valence-corrected chi connectivity index (χ4v) is 5.11. The highest BCUT2D eigenvalue weighted by Crippen LogP contribution is 2.38. The van der Waals surface area contributed by atoms with E-state index in [0.29, 0.717) is 10.9 Å². The number of fused-ring (bicyclic) bond motifs is 1. The van der Waals surface area contributed by atoms with E-state index in [1.165, 1.54) is 0 Å². The first-order valence-corrected chi connectivity index (χ1v) is 9.04. The summed E-state index contributed by atoms with van der Waals surface area (Å²) in [4.78, 5) is 3.72. The molecule has 0 spiro atoms. The summed E-state index contributed by atoms with van der Waals surface area (Å²) in [6.07, 6.45) is -1.05. The number of hydrogen-bond donors (Lipinski definition) is 0. The van der Waals surface area contributed by atoms with Gasteiger partial charge in [-0.15, -0.1) is 0 Å². The Labute approximate surface area is 142 Å². The van der Waals surface area contributed by atoms with Crippen LogP contribution in [0.15, 0.2) is 29.2 Å². The van der Waals surface area contributed by atoms with Crippen LogP contribution in [0.25, 0.3) is 10.9 Å². The minimum absolute atomic E-state index is 0.0436.